The number of fused-ring (bicyclic) bond motifs is 2. The van der Waals surface area contributed by atoms with Crippen LogP contribution in [-0.4, -0.2) is 50.3 Å². The number of anilines is 1. The minimum atomic E-state index is -1.29. The van der Waals surface area contributed by atoms with Crippen molar-refractivity contribution in [3.05, 3.63) is 36.4 Å². The minimum absolute atomic E-state index is 0.0383. The molecule has 0 aliphatic carbocycles. The number of hydrogen-bond acceptors (Lipinski definition) is 4. The zero-order valence-electron chi connectivity index (χ0n) is 13.0. The van der Waals surface area contributed by atoms with Crippen molar-refractivity contribution in [1.29, 1.82) is 0 Å². The smallest absolute Gasteiger partial charge is 0.408 e. The molecule has 1 aromatic carbocycles. The number of primary amides is 1. The molecule has 1 aromatic heterocycles. The molecule has 2 aromatic rings. The second-order valence-corrected chi connectivity index (χ2v) is 6.21. The Morgan fingerprint density at radius 2 is 2.04 bits per heavy atom. The van der Waals surface area contributed by atoms with Crippen LogP contribution in [0.2, 0.25) is 0 Å². The summed E-state index contributed by atoms with van der Waals surface area (Å²) < 4.78 is 1.48. The molecule has 0 saturated carbocycles. The first-order valence-electron chi connectivity index (χ1n) is 7.69. The maximum Gasteiger partial charge on any atom is 0.408 e. The summed E-state index contributed by atoms with van der Waals surface area (Å²) in [7, 11) is 0. The number of amides is 3. The number of nitrogens with zero attached hydrogens (tertiary/aromatic N) is 3. The highest BCUT2D eigenvalue weighted by molar-refractivity contribution is 6.02. The van der Waals surface area contributed by atoms with Gasteiger partial charge in [-0.05, 0) is 0 Å². The molecule has 9 heteroatoms. The van der Waals surface area contributed by atoms with Gasteiger partial charge in [-0.3, -0.25) is 14.5 Å². The predicted octanol–water partition coefficient (Wildman–Crippen LogP) is 0.435. The van der Waals surface area contributed by atoms with Crippen LogP contribution in [0.1, 0.15) is 6.42 Å². The maximum absolute atomic E-state index is 12.6. The van der Waals surface area contributed by atoms with E-state index in [0.717, 1.165) is 10.5 Å². The number of carbonyl (C=O) groups is 3. The fourth-order valence-electron chi connectivity index (χ4n) is 3.53. The molecule has 25 heavy (non-hydrogen) atoms. The number of nitrogens with one attached hydrogen (secondary N) is 1. The Bertz CT molecular complexity index is 869. The molecule has 9 nitrogen and oxygen atoms in total. The number of nitrogens with two attached hydrogens (primary N) is 1. The lowest BCUT2D eigenvalue weighted by atomic mass is 9.96. The first-order valence-corrected chi connectivity index (χ1v) is 7.69. The number of hydrogen-bond donors (Lipinski definition) is 3. The molecule has 1 spiro atoms. The molecule has 128 valence electrons. The molecule has 0 radical (unpaired) electrons. The van der Waals surface area contributed by atoms with Crippen LogP contribution >= 0.6 is 0 Å². The summed E-state index contributed by atoms with van der Waals surface area (Å²) >= 11 is 0. The van der Waals surface area contributed by atoms with Crippen molar-refractivity contribution in [2.75, 3.05) is 11.9 Å². The van der Waals surface area contributed by atoms with Crippen molar-refractivity contribution in [3.63, 3.8) is 0 Å². The molecule has 0 unspecified atom stereocenters. The largest absolute Gasteiger partial charge is 0.465 e. The van der Waals surface area contributed by atoms with Gasteiger partial charge in [-0.2, -0.15) is 5.10 Å². The van der Waals surface area contributed by atoms with Crippen LogP contribution < -0.4 is 11.1 Å². The molecule has 3 heterocycles. The van der Waals surface area contributed by atoms with Gasteiger partial charge in [0.2, 0.25) is 5.91 Å². The van der Waals surface area contributed by atoms with Crippen LogP contribution in [-0.2, 0) is 15.1 Å². The van der Waals surface area contributed by atoms with Crippen LogP contribution in [0.5, 0.6) is 0 Å². The monoisotopic (exact) mass is 341 g/mol. The summed E-state index contributed by atoms with van der Waals surface area (Å²) in [6.07, 6.45) is -1.33. The molecule has 1 saturated heterocycles. The van der Waals surface area contributed by atoms with Crippen molar-refractivity contribution < 1.29 is 19.5 Å². The average Bonchev–Trinajstić information content (AvgIpc) is 3.23. The molecule has 2 aliphatic rings. The van der Waals surface area contributed by atoms with Gasteiger partial charge in [0.25, 0.3) is 5.91 Å². The molecular formula is C16H15N5O4. The Morgan fingerprint density at radius 1 is 1.32 bits per heavy atom. The first-order chi connectivity index (χ1) is 11.9. The number of benzene rings is 1. The number of carboxylic acid groups (broad SMARTS) is 1. The Balaban J connectivity index is 1.78. The van der Waals surface area contributed by atoms with Crippen molar-refractivity contribution >= 4 is 23.7 Å². The quantitative estimate of drug-likeness (QED) is 0.729. The number of carbonyl (C=O) groups excluding carboxylic acids is 2. The van der Waals surface area contributed by atoms with E-state index in [0.29, 0.717) is 11.5 Å². The molecule has 2 aliphatic heterocycles. The zero-order valence-corrected chi connectivity index (χ0v) is 13.0. The van der Waals surface area contributed by atoms with E-state index < -0.39 is 23.6 Å². The molecule has 1 fully saturated rings. The summed E-state index contributed by atoms with van der Waals surface area (Å²) in [6.45, 7) is -0.176. The van der Waals surface area contributed by atoms with E-state index in [9.17, 15) is 19.5 Å². The third-order valence-electron chi connectivity index (χ3n) is 4.76. The van der Waals surface area contributed by atoms with Gasteiger partial charge >= 0.3 is 6.09 Å². The lowest BCUT2D eigenvalue weighted by molar-refractivity contribution is -0.123. The van der Waals surface area contributed by atoms with Gasteiger partial charge in [-0.15, -0.1) is 0 Å². The number of rotatable bonds is 2. The Kier molecular flexibility index (Phi) is 3.08. The number of aromatic nitrogens is 2. The highest BCUT2D eigenvalue weighted by atomic mass is 16.4. The topological polar surface area (TPSA) is 131 Å². The highest BCUT2D eigenvalue weighted by Crippen LogP contribution is 2.41. The average molecular weight is 341 g/mol. The zero-order chi connectivity index (χ0) is 17.8. The predicted molar refractivity (Wildman–Crippen MR) is 86.6 cm³/mol. The van der Waals surface area contributed by atoms with E-state index in [1.807, 2.05) is 30.3 Å². The summed E-state index contributed by atoms with van der Waals surface area (Å²) in [5.74, 6) is -0.695. The molecule has 4 N–H and O–H groups in total. The first kappa shape index (κ1) is 15.2. The normalized spacial score (nSPS) is 24.4. The molecule has 2 atom stereocenters. The van der Waals surface area contributed by atoms with E-state index in [1.54, 1.807) is 6.07 Å². The summed E-state index contributed by atoms with van der Waals surface area (Å²) in [6, 6.07) is 10.1. The minimum Gasteiger partial charge on any atom is -0.465 e. The summed E-state index contributed by atoms with van der Waals surface area (Å²) in [5, 5.41) is 16.6. The van der Waals surface area contributed by atoms with Gasteiger partial charge in [-0.1, -0.05) is 30.3 Å². The fourth-order valence-corrected chi connectivity index (χ4v) is 3.53. The van der Waals surface area contributed by atoms with Gasteiger partial charge in [0.15, 0.2) is 5.54 Å². The SMILES string of the molecule is NC(=O)[C@@H]1C[C@@]2(CN1C(=O)O)C(=O)Nc1cc(-c3ccccc3)nn12. The van der Waals surface area contributed by atoms with Crippen molar-refractivity contribution in [3.8, 4) is 11.3 Å². The second-order valence-electron chi connectivity index (χ2n) is 6.21. The molecule has 4 rings (SSSR count). The van der Waals surface area contributed by atoms with E-state index >= 15 is 0 Å². The highest BCUT2D eigenvalue weighted by Gasteiger charge is 2.58. The van der Waals surface area contributed by atoms with Crippen LogP contribution in [0, 0.1) is 0 Å². The standard InChI is InChI=1S/C16H15N5O4/c17-13(22)11-7-16(8-20(11)15(24)25)14(23)18-12-6-10(19-21(12)16)9-4-2-1-3-5-9/h1-6,11H,7-8H2,(H2,17,22)(H,18,23)(H,24,25)/t11-,16+/m0/s1. The summed E-state index contributed by atoms with van der Waals surface area (Å²) in [4.78, 5) is 36.6. The van der Waals surface area contributed by atoms with E-state index in [1.165, 1.54) is 4.68 Å². The van der Waals surface area contributed by atoms with Gasteiger partial charge in [0.1, 0.15) is 11.9 Å². The Hall–Kier alpha value is -3.36. The van der Waals surface area contributed by atoms with Gasteiger partial charge in [0, 0.05) is 18.1 Å². The fraction of sp³-hybridized carbons (Fsp3) is 0.250. The third kappa shape index (κ3) is 2.09. The van der Waals surface area contributed by atoms with E-state index in [2.05, 4.69) is 10.4 Å². The maximum atomic E-state index is 12.6. The van der Waals surface area contributed by atoms with Gasteiger partial charge < -0.3 is 16.2 Å². The van der Waals surface area contributed by atoms with E-state index in [4.69, 9.17) is 5.73 Å². The molecule has 0 bridgehead atoms. The van der Waals surface area contributed by atoms with Crippen molar-refractivity contribution in [2.24, 2.45) is 5.73 Å². The van der Waals surface area contributed by atoms with Crippen LogP contribution in [0.25, 0.3) is 11.3 Å². The third-order valence-corrected chi connectivity index (χ3v) is 4.76. The Labute approximate surface area is 142 Å². The van der Waals surface area contributed by atoms with Crippen LogP contribution in [0.4, 0.5) is 10.6 Å². The summed E-state index contributed by atoms with van der Waals surface area (Å²) in [5.41, 5.74) is 5.59. The Morgan fingerprint density at radius 3 is 2.64 bits per heavy atom. The lowest BCUT2D eigenvalue weighted by Crippen LogP contribution is -2.44. The van der Waals surface area contributed by atoms with Gasteiger partial charge in [0.05, 0.1) is 12.2 Å². The van der Waals surface area contributed by atoms with Crippen molar-refractivity contribution in [2.45, 2.75) is 18.0 Å². The van der Waals surface area contributed by atoms with E-state index in [-0.39, 0.29) is 18.9 Å². The van der Waals surface area contributed by atoms with Gasteiger partial charge in [-0.25, -0.2) is 9.48 Å². The van der Waals surface area contributed by atoms with Crippen LogP contribution in [0.15, 0.2) is 36.4 Å². The second kappa shape index (κ2) is 5.07. The lowest BCUT2D eigenvalue weighted by Gasteiger charge is -2.21. The van der Waals surface area contributed by atoms with Crippen LogP contribution in [0.3, 0.4) is 0 Å². The van der Waals surface area contributed by atoms with Crippen molar-refractivity contribution in [1.82, 2.24) is 14.7 Å². The molecular weight excluding hydrogens is 326 g/mol. The number of likely N-dealkylation sites (tertiary alicyclic amines) is 1. The molecule has 3 amide bonds.